The first-order valence-electron chi connectivity index (χ1n) is 5.66. The van der Waals surface area contributed by atoms with E-state index in [1.807, 2.05) is 12.1 Å². The van der Waals surface area contributed by atoms with E-state index in [0.717, 1.165) is 18.4 Å². The summed E-state index contributed by atoms with van der Waals surface area (Å²) in [5.74, 6) is -0.735. The lowest BCUT2D eigenvalue weighted by molar-refractivity contribution is -0.138. The van der Waals surface area contributed by atoms with Crippen molar-refractivity contribution in [2.75, 3.05) is 6.54 Å². The predicted molar refractivity (Wildman–Crippen MR) is 62.4 cm³/mol. The molecule has 0 radical (unpaired) electrons. The number of hydrogen-bond acceptors (Lipinski definition) is 2. The van der Waals surface area contributed by atoms with Crippen LogP contribution in [0.4, 0.5) is 0 Å². The lowest BCUT2D eigenvalue weighted by atomic mass is 9.96. The molecule has 0 aromatic heterocycles. The third-order valence-electron chi connectivity index (χ3n) is 3.30. The summed E-state index contributed by atoms with van der Waals surface area (Å²) in [5, 5.41) is 9.05. The number of carboxylic acid groups (broad SMARTS) is 1. The van der Waals surface area contributed by atoms with E-state index in [1.165, 1.54) is 11.1 Å². The molecule has 2 unspecified atom stereocenters. The molecule has 1 aromatic rings. The van der Waals surface area contributed by atoms with E-state index in [1.54, 1.807) is 0 Å². The van der Waals surface area contributed by atoms with E-state index in [0.29, 0.717) is 5.92 Å². The fourth-order valence-corrected chi connectivity index (χ4v) is 2.45. The second-order valence-corrected chi connectivity index (χ2v) is 4.67. The van der Waals surface area contributed by atoms with Crippen molar-refractivity contribution in [3.05, 3.63) is 34.9 Å². The fraction of sp³-hybridized carbons (Fsp3) is 0.462. The van der Waals surface area contributed by atoms with Gasteiger partial charge in [-0.2, -0.15) is 0 Å². The summed E-state index contributed by atoms with van der Waals surface area (Å²) < 4.78 is 0. The largest absolute Gasteiger partial charge is 0.481 e. The summed E-state index contributed by atoms with van der Waals surface area (Å²) in [6.07, 6.45) is 2.16. The molecule has 0 spiro atoms. The molecule has 0 heterocycles. The molecule has 1 aliphatic carbocycles. The smallest absolute Gasteiger partial charge is 0.312 e. The van der Waals surface area contributed by atoms with Crippen molar-refractivity contribution in [1.29, 1.82) is 0 Å². The van der Waals surface area contributed by atoms with Gasteiger partial charge >= 0.3 is 5.97 Å². The standard InChI is InChI=1S/C13H17NO2/c1-8-4-9-2-3-10(6-11(9)5-8)12(7-14)13(15)16/h2-3,6,8,12H,4-5,7,14H2,1H3,(H,15,16). The average molecular weight is 219 g/mol. The minimum absolute atomic E-state index is 0.156. The van der Waals surface area contributed by atoms with E-state index in [2.05, 4.69) is 13.0 Å². The summed E-state index contributed by atoms with van der Waals surface area (Å²) in [5.41, 5.74) is 8.99. The second kappa shape index (κ2) is 4.26. The zero-order chi connectivity index (χ0) is 11.7. The Kier molecular flexibility index (Phi) is 2.97. The van der Waals surface area contributed by atoms with Crippen LogP contribution in [0.15, 0.2) is 18.2 Å². The van der Waals surface area contributed by atoms with Crippen molar-refractivity contribution in [1.82, 2.24) is 0 Å². The first-order chi connectivity index (χ1) is 7.61. The van der Waals surface area contributed by atoms with Crippen LogP contribution in [0.5, 0.6) is 0 Å². The maximum Gasteiger partial charge on any atom is 0.312 e. The Morgan fingerprint density at radius 1 is 1.50 bits per heavy atom. The van der Waals surface area contributed by atoms with Gasteiger partial charge in [0.05, 0.1) is 5.92 Å². The highest BCUT2D eigenvalue weighted by Crippen LogP contribution is 2.29. The van der Waals surface area contributed by atoms with Crippen molar-refractivity contribution < 1.29 is 9.90 Å². The van der Waals surface area contributed by atoms with Crippen LogP contribution in [0.3, 0.4) is 0 Å². The van der Waals surface area contributed by atoms with Crippen molar-refractivity contribution >= 4 is 5.97 Å². The molecule has 0 aliphatic heterocycles. The van der Waals surface area contributed by atoms with Gasteiger partial charge in [0.2, 0.25) is 0 Å². The number of carbonyl (C=O) groups is 1. The van der Waals surface area contributed by atoms with Gasteiger partial charge < -0.3 is 10.8 Å². The van der Waals surface area contributed by atoms with Gasteiger partial charge in [0.1, 0.15) is 0 Å². The van der Waals surface area contributed by atoms with Crippen LogP contribution in [0, 0.1) is 5.92 Å². The SMILES string of the molecule is CC1Cc2ccc(C(CN)C(=O)O)cc2C1. The van der Waals surface area contributed by atoms with Crippen molar-refractivity contribution in [2.45, 2.75) is 25.7 Å². The van der Waals surface area contributed by atoms with Gasteiger partial charge in [-0.25, -0.2) is 0 Å². The van der Waals surface area contributed by atoms with Crippen LogP contribution in [0.2, 0.25) is 0 Å². The highest BCUT2D eigenvalue weighted by atomic mass is 16.4. The molecule has 0 fully saturated rings. The molecule has 2 rings (SSSR count). The Morgan fingerprint density at radius 2 is 2.19 bits per heavy atom. The van der Waals surface area contributed by atoms with E-state index in [4.69, 9.17) is 10.8 Å². The monoisotopic (exact) mass is 219 g/mol. The molecule has 86 valence electrons. The average Bonchev–Trinajstić information content (AvgIpc) is 2.57. The second-order valence-electron chi connectivity index (χ2n) is 4.67. The molecule has 2 atom stereocenters. The van der Waals surface area contributed by atoms with Gasteiger partial charge in [0.25, 0.3) is 0 Å². The van der Waals surface area contributed by atoms with Gasteiger partial charge in [0.15, 0.2) is 0 Å². The Morgan fingerprint density at radius 3 is 2.81 bits per heavy atom. The molecule has 0 amide bonds. The molecule has 0 bridgehead atoms. The normalized spacial score (nSPS) is 20.5. The molecule has 3 heteroatoms. The molecule has 3 N–H and O–H groups in total. The summed E-state index contributed by atoms with van der Waals surface area (Å²) >= 11 is 0. The molecule has 0 saturated heterocycles. The molecule has 1 aliphatic rings. The van der Waals surface area contributed by atoms with Gasteiger partial charge in [-0.05, 0) is 35.4 Å². The first kappa shape index (κ1) is 11.1. The number of benzene rings is 1. The van der Waals surface area contributed by atoms with Crippen molar-refractivity contribution in [2.24, 2.45) is 11.7 Å². The molecule has 16 heavy (non-hydrogen) atoms. The number of nitrogens with two attached hydrogens (primary N) is 1. The van der Waals surface area contributed by atoms with Crippen LogP contribution >= 0.6 is 0 Å². The van der Waals surface area contributed by atoms with Crippen molar-refractivity contribution in [3.63, 3.8) is 0 Å². The van der Waals surface area contributed by atoms with Gasteiger partial charge in [-0.1, -0.05) is 25.1 Å². The van der Waals surface area contributed by atoms with Crippen LogP contribution in [-0.2, 0) is 17.6 Å². The number of fused-ring (bicyclic) bond motifs is 1. The summed E-state index contributed by atoms with van der Waals surface area (Å²) in [4.78, 5) is 11.0. The summed E-state index contributed by atoms with van der Waals surface area (Å²) in [6, 6.07) is 5.98. The molecule has 0 saturated carbocycles. The van der Waals surface area contributed by atoms with Gasteiger partial charge in [0, 0.05) is 6.54 Å². The van der Waals surface area contributed by atoms with E-state index >= 15 is 0 Å². The number of aliphatic carboxylic acids is 1. The minimum atomic E-state index is -0.839. The lowest BCUT2D eigenvalue weighted by Gasteiger charge is -2.11. The predicted octanol–water partition coefficient (Wildman–Crippen LogP) is 1.55. The van der Waals surface area contributed by atoms with Gasteiger partial charge in [-0.3, -0.25) is 4.79 Å². The molecular formula is C13H17NO2. The van der Waals surface area contributed by atoms with E-state index in [9.17, 15) is 4.79 Å². The Bertz CT molecular complexity index is 414. The Hall–Kier alpha value is -1.35. The molecule has 3 nitrogen and oxygen atoms in total. The third-order valence-corrected chi connectivity index (χ3v) is 3.30. The Labute approximate surface area is 95.3 Å². The van der Waals surface area contributed by atoms with Crippen LogP contribution < -0.4 is 5.73 Å². The summed E-state index contributed by atoms with van der Waals surface area (Å²) in [6.45, 7) is 2.38. The highest BCUT2D eigenvalue weighted by molar-refractivity contribution is 5.76. The molecule has 1 aromatic carbocycles. The fourth-order valence-electron chi connectivity index (χ4n) is 2.45. The third kappa shape index (κ3) is 1.95. The number of hydrogen-bond donors (Lipinski definition) is 2. The quantitative estimate of drug-likeness (QED) is 0.810. The Balaban J connectivity index is 2.31. The van der Waals surface area contributed by atoms with Gasteiger partial charge in [-0.15, -0.1) is 0 Å². The van der Waals surface area contributed by atoms with E-state index < -0.39 is 11.9 Å². The maximum atomic E-state index is 11.0. The zero-order valence-electron chi connectivity index (χ0n) is 9.44. The van der Waals surface area contributed by atoms with Crippen LogP contribution in [-0.4, -0.2) is 17.6 Å². The molecular weight excluding hydrogens is 202 g/mol. The van der Waals surface area contributed by atoms with E-state index in [-0.39, 0.29) is 6.54 Å². The lowest BCUT2D eigenvalue weighted by Crippen LogP contribution is -2.21. The highest BCUT2D eigenvalue weighted by Gasteiger charge is 2.22. The van der Waals surface area contributed by atoms with Crippen LogP contribution in [0.25, 0.3) is 0 Å². The first-order valence-corrected chi connectivity index (χ1v) is 5.66. The van der Waals surface area contributed by atoms with Crippen LogP contribution in [0.1, 0.15) is 29.5 Å². The number of carboxylic acids is 1. The number of rotatable bonds is 3. The topological polar surface area (TPSA) is 63.3 Å². The summed E-state index contributed by atoms with van der Waals surface area (Å²) in [7, 11) is 0. The maximum absolute atomic E-state index is 11.0. The van der Waals surface area contributed by atoms with Crippen molar-refractivity contribution in [3.8, 4) is 0 Å². The minimum Gasteiger partial charge on any atom is -0.481 e. The zero-order valence-corrected chi connectivity index (χ0v) is 9.44.